The summed E-state index contributed by atoms with van der Waals surface area (Å²) in [4.78, 5) is 37.1. The first kappa shape index (κ1) is 28.4. The van der Waals surface area contributed by atoms with Crippen LogP contribution in [0.1, 0.15) is 44.6 Å². The van der Waals surface area contributed by atoms with E-state index >= 15 is 0 Å². The number of hydrogen-bond acceptors (Lipinski definition) is 9. The molecule has 0 unspecified atom stereocenters. The highest BCUT2D eigenvalue weighted by molar-refractivity contribution is 5.81. The lowest BCUT2D eigenvalue weighted by Gasteiger charge is -2.32. The van der Waals surface area contributed by atoms with Gasteiger partial charge in [0.05, 0.1) is 13.0 Å². The van der Waals surface area contributed by atoms with Gasteiger partial charge in [-0.15, -0.1) is 0 Å². The summed E-state index contributed by atoms with van der Waals surface area (Å²) in [5.74, 6) is 0.0652. The number of fused-ring (bicyclic) bond motifs is 1. The first-order valence-electron chi connectivity index (χ1n) is 13.7. The van der Waals surface area contributed by atoms with Crippen LogP contribution < -0.4 is 26.2 Å². The number of likely N-dealkylation sites (tertiary alicyclic amines) is 1. The number of aromatic nitrogens is 4. The van der Waals surface area contributed by atoms with Gasteiger partial charge in [-0.25, -0.2) is 4.79 Å². The van der Waals surface area contributed by atoms with Gasteiger partial charge in [0.25, 0.3) is 0 Å². The largest absolute Gasteiger partial charge is 0.492 e. The van der Waals surface area contributed by atoms with Crippen molar-refractivity contribution in [3.05, 3.63) is 40.3 Å². The molecule has 1 aromatic carbocycles. The molecule has 0 amide bonds. The van der Waals surface area contributed by atoms with Crippen LogP contribution in [0, 0.1) is 0 Å². The summed E-state index contributed by atoms with van der Waals surface area (Å²) in [5.41, 5.74) is 7.44. The zero-order valence-electron chi connectivity index (χ0n) is 22.5. The van der Waals surface area contributed by atoms with Gasteiger partial charge in [0.2, 0.25) is 0 Å². The zero-order chi connectivity index (χ0) is 27.6. The Labute approximate surface area is 227 Å². The fourth-order valence-corrected chi connectivity index (χ4v) is 4.73. The summed E-state index contributed by atoms with van der Waals surface area (Å²) in [6.45, 7) is 7.25. The predicted molar refractivity (Wildman–Crippen MR) is 148 cm³/mol. The van der Waals surface area contributed by atoms with E-state index in [2.05, 4.69) is 32.1 Å². The number of benzene rings is 1. The fraction of sp³-hybridized carbons (Fsp3) is 0.556. The molecular weight excluding hydrogens is 502 g/mol. The SMILES string of the molecule is CCCCOc1nc(N)c2[nH]c(=O)n(CCCNC3CCN(CCOc4cccc(CC(=O)O)c4)CC3)c2n1. The van der Waals surface area contributed by atoms with E-state index in [9.17, 15) is 9.59 Å². The van der Waals surface area contributed by atoms with Gasteiger partial charge in [0.15, 0.2) is 11.5 Å². The molecule has 0 aliphatic carbocycles. The minimum absolute atomic E-state index is 0.00571. The van der Waals surface area contributed by atoms with Crippen molar-refractivity contribution in [2.75, 3.05) is 45.1 Å². The highest BCUT2D eigenvalue weighted by Crippen LogP contribution is 2.18. The van der Waals surface area contributed by atoms with Crippen LogP contribution in [0.5, 0.6) is 11.8 Å². The van der Waals surface area contributed by atoms with Crippen LogP contribution in [0.15, 0.2) is 29.1 Å². The van der Waals surface area contributed by atoms with Gasteiger partial charge in [-0.1, -0.05) is 25.5 Å². The number of nitrogens with zero attached hydrogens (tertiary/aromatic N) is 4. The molecule has 0 saturated carbocycles. The van der Waals surface area contributed by atoms with E-state index < -0.39 is 5.97 Å². The number of anilines is 1. The summed E-state index contributed by atoms with van der Waals surface area (Å²) < 4.78 is 13.0. The minimum atomic E-state index is -0.850. The zero-order valence-corrected chi connectivity index (χ0v) is 22.5. The van der Waals surface area contributed by atoms with Crippen LogP contribution in [-0.4, -0.2) is 80.9 Å². The van der Waals surface area contributed by atoms with Gasteiger partial charge < -0.3 is 30.6 Å². The van der Waals surface area contributed by atoms with Crippen molar-refractivity contribution >= 4 is 23.0 Å². The lowest BCUT2D eigenvalue weighted by molar-refractivity contribution is -0.136. The normalized spacial score (nSPS) is 14.6. The molecule has 5 N–H and O–H groups in total. The lowest BCUT2D eigenvalue weighted by Crippen LogP contribution is -2.44. The molecule has 3 aromatic rings. The molecule has 1 fully saturated rings. The van der Waals surface area contributed by atoms with Crippen LogP contribution in [0.25, 0.3) is 11.2 Å². The number of imidazole rings is 1. The number of H-pyrrole nitrogens is 1. The number of aryl methyl sites for hydroxylation is 1. The number of unbranched alkanes of at least 4 members (excludes halogenated alkanes) is 1. The summed E-state index contributed by atoms with van der Waals surface area (Å²) in [7, 11) is 0. The van der Waals surface area contributed by atoms with Gasteiger partial charge in [0.1, 0.15) is 17.9 Å². The Bertz CT molecular complexity index is 1280. The second-order valence-electron chi connectivity index (χ2n) is 9.86. The number of carboxylic acids is 1. The number of carboxylic acid groups (broad SMARTS) is 1. The number of nitrogen functional groups attached to an aromatic ring is 1. The summed E-state index contributed by atoms with van der Waals surface area (Å²) in [5, 5.41) is 12.6. The molecule has 12 heteroatoms. The van der Waals surface area contributed by atoms with Crippen molar-refractivity contribution < 1.29 is 19.4 Å². The molecule has 1 aliphatic heterocycles. The van der Waals surface area contributed by atoms with Crippen LogP contribution in [0.4, 0.5) is 5.82 Å². The predicted octanol–water partition coefficient (Wildman–Crippen LogP) is 2.03. The number of carbonyl (C=O) groups is 1. The Morgan fingerprint density at radius 3 is 2.77 bits per heavy atom. The van der Waals surface area contributed by atoms with Gasteiger partial charge >= 0.3 is 17.7 Å². The van der Waals surface area contributed by atoms with E-state index in [1.807, 2.05) is 12.1 Å². The van der Waals surface area contributed by atoms with E-state index in [0.29, 0.717) is 42.7 Å². The number of piperidine rings is 1. The first-order chi connectivity index (χ1) is 18.9. The van der Waals surface area contributed by atoms with Crippen molar-refractivity contribution in [3.8, 4) is 11.8 Å². The van der Waals surface area contributed by atoms with Gasteiger partial charge in [0, 0.05) is 19.1 Å². The second kappa shape index (κ2) is 13.9. The molecule has 2 aromatic heterocycles. The Kier molecular flexibility index (Phi) is 10.1. The molecule has 12 nitrogen and oxygen atoms in total. The van der Waals surface area contributed by atoms with E-state index in [4.69, 9.17) is 20.3 Å². The van der Waals surface area contributed by atoms with Crippen molar-refractivity contribution in [1.82, 2.24) is 29.7 Å². The monoisotopic (exact) mass is 541 g/mol. The van der Waals surface area contributed by atoms with Crippen LogP contribution in [0.2, 0.25) is 0 Å². The molecule has 4 rings (SSSR count). The molecule has 0 spiro atoms. The molecule has 1 aliphatic rings. The first-order valence-corrected chi connectivity index (χ1v) is 13.7. The van der Waals surface area contributed by atoms with E-state index in [1.54, 1.807) is 16.7 Å². The van der Waals surface area contributed by atoms with Gasteiger partial charge in [-0.2, -0.15) is 9.97 Å². The molecule has 39 heavy (non-hydrogen) atoms. The van der Waals surface area contributed by atoms with Crippen LogP contribution >= 0.6 is 0 Å². The number of rotatable bonds is 15. The molecule has 0 radical (unpaired) electrons. The number of aromatic amines is 1. The maximum atomic E-state index is 12.5. The number of hydrogen-bond donors (Lipinski definition) is 4. The second-order valence-corrected chi connectivity index (χ2v) is 9.86. The molecule has 212 valence electrons. The maximum Gasteiger partial charge on any atom is 0.327 e. The third kappa shape index (κ3) is 8.17. The number of aliphatic carboxylic acids is 1. The number of ether oxygens (including phenoxy) is 2. The van der Waals surface area contributed by atoms with E-state index in [1.165, 1.54) is 0 Å². The van der Waals surface area contributed by atoms with Crippen LogP contribution in [-0.2, 0) is 17.8 Å². The average molecular weight is 542 g/mol. The standard InChI is InChI=1S/C27H39N7O5/c1-2-3-15-39-26-31-24(28)23-25(32-26)34(27(37)30-23)11-5-10-29-20-8-12-33(13-9-20)14-16-38-21-7-4-6-19(17-21)18-22(35)36/h4,6-7,17,20,29H,2-3,5,8-16,18H2,1H3,(H,30,37)(H,35,36)(H2,28,31,32). The van der Waals surface area contributed by atoms with Crippen molar-refractivity contribution in [2.45, 2.75) is 58.0 Å². The molecule has 3 heterocycles. The molecule has 0 atom stereocenters. The lowest BCUT2D eigenvalue weighted by atomic mass is 10.1. The molecular formula is C27H39N7O5. The van der Waals surface area contributed by atoms with E-state index in [-0.39, 0.29) is 23.9 Å². The van der Waals surface area contributed by atoms with Crippen molar-refractivity contribution in [2.24, 2.45) is 0 Å². The summed E-state index contributed by atoms with van der Waals surface area (Å²) in [6.07, 6.45) is 4.75. The fourth-order valence-electron chi connectivity index (χ4n) is 4.73. The highest BCUT2D eigenvalue weighted by Gasteiger charge is 2.19. The minimum Gasteiger partial charge on any atom is -0.492 e. The third-order valence-corrected chi connectivity index (χ3v) is 6.87. The van der Waals surface area contributed by atoms with Crippen LogP contribution in [0.3, 0.4) is 0 Å². The summed E-state index contributed by atoms with van der Waals surface area (Å²) in [6, 6.07) is 7.89. The maximum absolute atomic E-state index is 12.5. The number of nitrogens with one attached hydrogen (secondary N) is 2. The highest BCUT2D eigenvalue weighted by atomic mass is 16.5. The van der Waals surface area contributed by atoms with Gasteiger partial charge in [-0.05, 0) is 63.0 Å². The Hall–Kier alpha value is -3.64. The van der Waals surface area contributed by atoms with Crippen molar-refractivity contribution in [1.29, 1.82) is 0 Å². The smallest absolute Gasteiger partial charge is 0.327 e. The van der Waals surface area contributed by atoms with Crippen molar-refractivity contribution in [3.63, 3.8) is 0 Å². The summed E-state index contributed by atoms with van der Waals surface area (Å²) >= 11 is 0. The quantitative estimate of drug-likeness (QED) is 0.210. The Balaban J connectivity index is 1.16. The van der Waals surface area contributed by atoms with E-state index in [0.717, 1.165) is 63.8 Å². The average Bonchev–Trinajstić information content (AvgIpc) is 3.23. The topological polar surface area (TPSA) is 161 Å². The van der Waals surface area contributed by atoms with Gasteiger partial charge in [-0.3, -0.25) is 14.3 Å². The Morgan fingerprint density at radius 1 is 1.18 bits per heavy atom. The molecule has 0 bridgehead atoms. The number of nitrogens with two attached hydrogens (primary N) is 1. The Morgan fingerprint density at radius 2 is 2.00 bits per heavy atom. The third-order valence-electron chi connectivity index (χ3n) is 6.87. The molecule has 1 saturated heterocycles.